The monoisotopic (exact) mass is 214 g/mol. The molecule has 0 heterocycles. The molecule has 16 heavy (non-hydrogen) atoms. The maximum absolute atomic E-state index is 8.46. The highest BCUT2D eigenvalue weighted by Gasteiger charge is 2.16. The van der Waals surface area contributed by atoms with Crippen molar-refractivity contribution in [1.82, 2.24) is 5.32 Å². The molecule has 1 atom stereocenters. The summed E-state index contributed by atoms with van der Waals surface area (Å²) in [6.45, 7) is 0.973. The molecule has 0 saturated heterocycles. The van der Waals surface area contributed by atoms with Gasteiger partial charge in [-0.05, 0) is 43.4 Å². The lowest BCUT2D eigenvalue weighted by Gasteiger charge is -2.25. The molecule has 0 radical (unpaired) electrons. The lowest BCUT2D eigenvalue weighted by molar-refractivity contribution is 0.456. The molecule has 1 aromatic carbocycles. The van der Waals surface area contributed by atoms with Crippen molar-refractivity contribution in [3.63, 3.8) is 0 Å². The summed E-state index contributed by atoms with van der Waals surface area (Å²) in [5.74, 6) is 0. The third-order valence-corrected chi connectivity index (χ3v) is 3.25. The van der Waals surface area contributed by atoms with E-state index >= 15 is 0 Å². The second-order valence-electron chi connectivity index (χ2n) is 4.42. The summed E-state index contributed by atoms with van der Waals surface area (Å²) in [5.41, 5.74) is 3.00. The van der Waals surface area contributed by atoms with Crippen molar-refractivity contribution >= 4 is 0 Å². The van der Waals surface area contributed by atoms with Crippen LogP contribution in [0, 0.1) is 11.3 Å². The molecular weight excluding hydrogens is 196 g/mol. The first kappa shape index (κ1) is 11.2. The Balaban J connectivity index is 1.82. The molecule has 0 amide bonds. The molecule has 0 bridgehead atoms. The van der Waals surface area contributed by atoms with Gasteiger partial charge in [-0.15, -0.1) is 0 Å². The van der Waals surface area contributed by atoms with Gasteiger partial charge in [0.15, 0.2) is 0 Å². The van der Waals surface area contributed by atoms with Crippen LogP contribution in [0.5, 0.6) is 0 Å². The number of aryl methyl sites for hydroxylation is 1. The molecule has 1 aromatic rings. The molecule has 2 rings (SSSR count). The first-order valence-corrected chi connectivity index (χ1v) is 6.07. The van der Waals surface area contributed by atoms with E-state index in [1.807, 2.05) is 0 Å². The van der Waals surface area contributed by atoms with Crippen LogP contribution in [0.1, 0.15) is 30.4 Å². The van der Waals surface area contributed by atoms with E-state index in [4.69, 9.17) is 5.26 Å². The summed E-state index contributed by atoms with van der Waals surface area (Å²) in [4.78, 5) is 0. The van der Waals surface area contributed by atoms with Crippen LogP contribution in [-0.2, 0) is 12.8 Å². The minimum atomic E-state index is 0.605. The predicted octanol–water partition coefficient (Wildman–Crippen LogP) is 2.44. The first-order valence-electron chi connectivity index (χ1n) is 6.07. The van der Waals surface area contributed by atoms with Gasteiger partial charge in [-0.3, -0.25) is 0 Å². The highest BCUT2D eigenvalue weighted by atomic mass is 14.9. The largest absolute Gasteiger partial charge is 0.314 e. The average molecular weight is 214 g/mol. The van der Waals surface area contributed by atoms with Crippen molar-refractivity contribution in [1.29, 1.82) is 5.26 Å². The van der Waals surface area contributed by atoms with Gasteiger partial charge in [0.2, 0.25) is 0 Å². The number of fused-ring (bicyclic) bond motifs is 1. The summed E-state index contributed by atoms with van der Waals surface area (Å²) >= 11 is 0. The van der Waals surface area contributed by atoms with Gasteiger partial charge in [0.1, 0.15) is 0 Å². The maximum Gasteiger partial charge on any atom is 0.0622 e. The fourth-order valence-corrected chi connectivity index (χ4v) is 2.35. The van der Waals surface area contributed by atoms with E-state index in [0.29, 0.717) is 12.5 Å². The van der Waals surface area contributed by atoms with Crippen molar-refractivity contribution in [2.45, 2.75) is 38.1 Å². The van der Waals surface area contributed by atoms with E-state index in [1.165, 1.54) is 24.0 Å². The zero-order chi connectivity index (χ0) is 11.2. The van der Waals surface area contributed by atoms with Gasteiger partial charge in [0.05, 0.1) is 6.07 Å². The van der Waals surface area contributed by atoms with Crippen LogP contribution in [0.3, 0.4) is 0 Å². The quantitative estimate of drug-likeness (QED) is 0.781. The van der Waals surface area contributed by atoms with Crippen molar-refractivity contribution in [2.75, 3.05) is 6.54 Å². The molecule has 0 aliphatic heterocycles. The molecule has 84 valence electrons. The third kappa shape index (κ3) is 2.84. The Bertz CT molecular complexity index is 379. The highest BCUT2D eigenvalue weighted by Crippen LogP contribution is 2.20. The Labute approximate surface area is 97.3 Å². The smallest absolute Gasteiger partial charge is 0.0622 e. The minimum Gasteiger partial charge on any atom is -0.314 e. The lowest BCUT2D eigenvalue weighted by atomic mass is 9.88. The van der Waals surface area contributed by atoms with Crippen LogP contribution in [0.4, 0.5) is 0 Å². The number of nitrogens with zero attached hydrogens (tertiary/aromatic N) is 1. The SMILES string of the molecule is N#CCCCNC1CCc2ccccc2C1. The lowest BCUT2D eigenvalue weighted by Crippen LogP contribution is -2.35. The number of nitriles is 1. The number of benzene rings is 1. The van der Waals surface area contributed by atoms with Crippen LogP contribution in [0.15, 0.2) is 24.3 Å². The van der Waals surface area contributed by atoms with Crippen LogP contribution < -0.4 is 5.32 Å². The molecule has 0 spiro atoms. The average Bonchev–Trinajstić information content (AvgIpc) is 2.34. The van der Waals surface area contributed by atoms with E-state index in [2.05, 4.69) is 35.7 Å². The fraction of sp³-hybridized carbons (Fsp3) is 0.500. The predicted molar refractivity (Wildman–Crippen MR) is 65.1 cm³/mol. The maximum atomic E-state index is 8.46. The summed E-state index contributed by atoms with van der Waals surface area (Å²) in [6.07, 6.45) is 5.18. The molecular formula is C14H18N2. The standard InChI is InChI=1S/C14H18N2/c15-9-3-4-10-16-14-8-7-12-5-1-2-6-13(12)11-14/h1-2,5-6,14,16H,3-4,7-8,10-11H2. The van der Waals surface area contributed by atoms with E-state index in [0.717, 1.165) is 19.4 Å². The fourth-order valence-electron chi connectivity index (χ4n) is 2.35. The van der Waals surface area contributed by atoms with Crippen molar-refractivity contribution < 1.29 is 0 Å². The van der Waals surface area contributed by atoms with Gasteiger partial charge in [0, 0.05) is 12.5 Å². The Morgan fingerprint density at radius 1 is 1.31 bits per heavy atom. The summed E-state index contributed by atoms with van der Waals surface area (Å²) < 4.78 is 0. The molecule has 1 aliphatic rings. The normalized spacial score (nSPS) is 18.8. The van der Waals surface area contributed by atoms with Crippen molar-refractivity contribution in [2.24, 2.45) is 0 Å². The van der Waals surface area contributed by atoms with Crippen molar-refractivity contribution in [3.8, 4) is 6.07 Å². The molecule has 0 fully saturated rings. The summed E-state index contributed by atoms with van der Waals surface area (Å²) in [5, 5.41) is 12.0. The van der Waals surface area contributed by atoms with E-state index < -0.39 is 0 Å². The number of rotatable bonds is 4. The van der Waals surface area contributed by atoms with Crippen LogP contribution in [0.2, 0.25) is 0 Å². The van der Waals surface area contributed by atoms with Gasteiger partial charge in [0.25, 0.3) is 0 Å². The second kappa shape index (κ2) is 5.67. The Morgan fingerprint density at radius 3 is 2.94 bits per heavy atom. The molecule has 1 aliphatic carbocycles. The summed E-state index contributed by atoms with van der Waals surface area (Å²) in [6, 6.07) is 11.5. The second-order valence-corrected chi connectivity index (χ2v) is 4.42. The van der Waals surface area contributed by atoms with E-state index in [1.54, 1.807) is 0 Å². The van der Waals surface area contributed by atoms with Crippen LogP contribution >= 0.6 is 0 Å². The van der Waals surface area contributed by atoms with Crippen molar-refractivity contribution in [3.05, 3.63) is 35.4 Å². The zero-order valence-corrected chi connectivity index (χ0v) is 9.58. The molecule has 2 nitrogen and oxygen atoms in total. The Hall–Kier alpha value is -1.33. The number of hydrogen-bond acceptors (Lipinski definition) is 2. The van der Waals surface area contributed by atoms with Gasteiger partial charge in [-0.25, -0.2) is 0 Å². The van der Waals surface area contributed by atoms with Gasteiger partial charge in [-0.2, -0.15) is 5.26 Å². The van der Waals surface area contributed by atoms with Gasteiger partial charge >= 0.3 is 0 Å². The Kier molecular flexibility index (Phi) is 3.96. The molecule has 0 saturated carbocycles. The summed E-state index contributed by atoms with van der Waals surface area (Å²) in [7, 11) is 0. The topological polar surface area (TPSA) is 35.8 Å². The van der Waals surface area contributed by atoms with Crippen LogP contribution in [-0.4, -0.2) is 12.6 Å². The first-order chi connectivity index (χ1) is 7.90. The molecule has 0 aromatic heterocycles. The number of unbranched alkanes of at least 4 members (excludes halogenated alkanes) is 1. The number of hydrogen-bond donors (Lipinski definition) is 1. The third-order valence-electron chi connectivity index (χ3n) is 3.25. The molecule has 1 N–H and O–H groups in total. The Morgan fingerprint density at radius 2 is 2.12 bits per heavy atom. The number of nitrogens with one attached hydrogen (secondary N) is 1. The van der Waals surface area contributed by atoms with E-state index in [-0.39, 0.29) is 0 Å². The van der Waals surface area contributed by atoms with E-state index in [9.17, 15) is 0 Å². The van der Waals surface area contributed by atoms with Crippen LogP contribution in [0.25, 0.3) is 0 Å². The van der Waals surface area contributed by atoms with Gasteiger partial charge in [-0.1, -0.05) is 24.3 Å². The molecule has 1 unspecified atom stereocenters. The minimum absolute atomic E-state index is 0.605. The zero-order valence-electron chi connectivity index (χ0n) is 9.58. The van der Waals surface area contributed by atoms with Gasteiger partial charge < -0.3 is 5.32 Å². The molecule has 2 heteroatoms. The highest BCUT2D eigenvalue weighted by molar-refractivity contribution is 5.30.